The third-order valence-electron chi connectivity index (χ3n) is 3.46. The van der Waals surface area contributed by atoms with Crippen LogP contribution in [0.1, 0.15) is 30.1 Å². The van der Waals surface area contributed by atoms with Gasteiger partial charge in [-0.2, -0.15) is 0 Å². The first-order valence-electron chi connectivity index (χ1n) is 6.83. The van der Waals surface area contributed by atoms with Gasteiger partial charge in [0.1, 0.15) is 0 Å². The van der Waals surface area contributed by atoms with E-state index in [9.17, 15) is 4.79 Å². The van der Waals surface area contributed by atoms with Crippen LogP contribution in [-0.4, -0.2) is 37.1 Å². The standard InChI is InChI=1S/C15H20INO2/c1-2-19-11-12-4-3-9-17(10-12)15(18)13-5-7-14(16)8-6-13/h5-8,12H,2-4,9-11H2,1H3. The van der Waals surface area contributed by atoms with Crippen LogP contribution in [0.3, 0.4) is 0 Å². The van der Waals surface area contributed by atoms with Gasteiger partial charge in [0, 0.05) is 28.8 Å². The number of nitrogens with zero attached hydrogens (tertiary/aromatic N) is 1. The highest BCUT2D eigenvalue weighted by Crippen LogP contribution is 2.19. The zero-order valence-corrected chi connectivity index (χ0v) is 13.4. The van der Waals surface area contributed by atoms with Crippen LogP contribution in [0, 0.1) is 9.49 Å². The first-order valence-corrected chi connectivity index (χ1v) is 7.91. The Kier molecular flexibility index (Phi) is 5.63. The highest BCUT2D eigenvalue weighted by atomic mass is 127. The van der Waals surface area contributed by atoms with Crippen LogP contribution in [0.5, 0.6) is 0 Å². The van der Waals surface area contributed by atoms with Gasteiger partial charge in [0.2, 0.25) is 0 Å². The topological polar surface area (TPSA) is 29.5 Å². The molecule has 3 nitrogen and oxygen atoms in total. The van der Waals surface area contributed by atoms with Gasteiger partial charge in [-0.3, -0.25) is 4.79 Å². The molecule has 1 aromatic carbocycles. The van der Waals surface area contributed by atoms with Crippen molar-refractivity contribution in [1.82, 2.24) is 4.90 Å². The quantitative estimate of drug-likeness (QED) is 0.759. The van der Waals surface area contributed by atoms with E-state index in [1.165, 1.54) is 0 Å². The molecule has 1 unspecified atom stereocenters. The van der Waals surface area contributed by atoms with E-state index in [1.54, 1.807) is 0 Å². The van der Waals surface area contributed by atoms with E-state index >= 15 is 0 Å². The number of ether oxygens (including phenoxy) is 1. The molecular weight excluding hydrogens is 353 g/mol. The molecule has 1 saturated heterocycles. The van der Waals surface area contributed by atoms with Gasteiger partial charge in [-0.15, -0.1) is 0 Å². The molecule has 1 aliphatic rings. The first-order chi connectivity index (χ1) is 9.20. The molecule has 0 spiro atoms. The molecule has 104 valence electrons. The van der Waals surface area contributed by atoms with Crippen LogP contribution in [-0.2, 0) is 4.74 Å². The average molecular weight is 373 g/mol. The van der Waals surface area contributed by atoms with Gasteiger partial charge in [-0.05, 0) is 72.5 Å². The summed E-state index contributed by atoms with van der Waals surface area (Å²) >= 11 is 2.25. The minimum absolute atomic E-state index is 0.151. The predicted molar refractivity (Wildman–Crippen MR) is 84.3 cm³/mol. The second-order valence-electron chi connectivity index (χ2n) is 4.93. The van der Waals surface area contributed by atoms with E-state index in [2.05, 4.69) is 22.6 Å². The van der Waals surface area contributed by atoms with Crippen molar-refractivity contribution in [2.24, 2.45) is 5.92 Å². The zero-order chi connectivity index (χ0) is 13.7. The third kappa shape index (κ3) is 4.18. The predicted octanol–water partition coefficient (Wildman–Crippen LogP) is 3.18. The number of piperidine rings is 1. The van der Waals surface area contributed by atoms with E-state index in [1.807, 2.05) is 36.1 Å². The van der Waals surface area contributed by atoms with Crippen LogP contribution in [0.25, 0.3) is 0 Å². The molecule has 0 aliphatic carbocycles. The number of likely N-dealkylation sites (tertiary alicyclic amines) is 1. The molecule has 0 radical (unpaired) electrons. The van der Waals surface area contributed by atoms with E-state index in [4.69, 9.17) is 4.74 Å². The minimum atomic E-state index is 0.151. The summed E-state index contributed by atoms with van der Waals surface area (Å²) in [6.45, 7) is 5.23. The highest BCUT2D eigenvalue weighted by molar-refractivity contribution is 14.1. The Morgan fingerprint density at radius 3 is 2.84 bits per heavy atom. The van der Waals surface area contributed by atoms with Crippen molar-refractivity contribution >= 4 is 28.5 Å². The van der Waals surface area contributed by atoms with Crippen LogP contribution in [0.4, 0.5) is 0 Å². The molecule has 1 aliphatic heterocycles. The monoisotopic (exact) mass is 373 g/mol. The minimum Gasteiger partial charge on any atom is -0.381 e. The summed E-state index contributed by atoms with van der Waals surface area (Å²) in [6, 6.07) is 7.79. The SMILES string of the molecule is CCOCC1CCCN(C(=O)c2ccc(I)cc2)C1. The molecule has 1 aromatic rings. The molecule has 0 bridgehead atoms. The molecule has 0 N–H and O–H groups in total. The maximum absolute atomic E-state index is 12.4. The van der Waals surface area contributed by atoms with Crippen molar-refractivity contribution in [2.45, 2.75) is 19.8 Å². The average Bonchev–Trinajstić information content (AvgIpc) is 2.45. The summed E-state index contributed by atoms with van der Waals surface area (Å²) < 4.78 is 6.64. The molecule has 0 saturated carbocycles. The third-order valence-corrected chi connectivity index (χ3v) is 4.17. The largest absolute Gasteiger partial charge is 0.381 e. The first kappa shape index (κ1) is 14.8. The lowest BCUT2D eigenvalue weighted by Gasteiger charge is -2.32. The van der Waals surface area contributed by atoms with E-state index in [0.29, 0.717) is 5.92 Å². The van der Waals surface area contributed by atoms with Gasteiger partial charge in [-0.25, -0.2) is 0 Å². The second kappa shape index (κ2) is 7.24. The zero-order valence-electron chi connectivity index (χ0n) is 11.3. The number of halogens is 1. The Labute approximate surface area is 128 Å². The van der Waals surface area contributed by atoms with Crippen molar-refractivity contribution in [3.63, 3.8) is 0 Å². The summed E-state index contributed by atoms with van der Waals surface area (Å²) in [4.78, 5) is 14.4. The highest BCUT2D eigenvalue weighted by Gasteiger charge is 2.24. The fourth-order valence-electron chi connectivity index (χ4n) is 2.45. The normalized spacial score (nSPS) is 19.5. The Morgan fingerprint density at radius 1 is 1.42 bits per heavy atom. The van der Waals surface area contributed by atoms with Crippen molar-refractivity contribution in [3.8, 4) is 0 Å². The molecule has 4 heteroatoms. The molecule has 0 aromatic heterocycles. The van der Waals surface area contributed by atoms with Crippen molar-refractivity contribution in [3.05, 3.63) is 33.4 Å². The van der Waals surface area contributed by atoms with Crippen LogP contribution < -0.4 is 0 Å². The van der Waals surface area contributed by atoms with Crippen LogP contribution in [0.2, 0.25) is 0 Å². The molecule has 1 fully saturated rings. The lowest BCUT2D eigenvalue weighted by Crippen LogP contribution is -2.41. The lowest BCUT2D eigenvalue weighted by molar-refractivity contribution is 0.0501. The van der Waals surface area contributed by atoms with Gasteiger partial charge >= 0.3 is 0 Å². The second-order valence-corrected chi connectivity index (χ2v) is 6.17. The number of carbonyl (C=O) groups is 1. The summed E-state index contributed by atoms with van der Waals surface area (Å²) in [5.74, 6) is 0.638. The summed E-state index contributed by atoms with van der Waals surface area (Å²) in [6.07, 6.45) is 2.24. The summed E-state index contributed by atoms with van der Waals surface area (Å²) in [7, 11) is 0. The van der Waals surface area contributed by atoms with Gasteiger partial charge in [0.25, 0.3) is 5.91 Å². The number of amides is 1. The number of carbonyl (C=O) groups excluding carboxylic acids is 1. The Balaban J connectivity index is 1.96. The van der Waals surface area contributed by atoms with Crippen molar-refractivity contribution in [2.75, 3.05) is 26.3 Å². The summed E-state index contributed by atoms with van der Waals surface area (Å²) in [5, 5.41) is 0. The Morgan fingerprint density at radius 2 is 2.16 bits per heavy atom. The Hall–Kier alpha value is -0.620. The van der Waals surface area contributed by atoms with Gasteiger partial charge in [-0.1, -0.05) is 0 Å². The molecular formula is C15H20INO2. The maximum atomic E-state index is 12.4. The number of hydrogen-bond donors (Lipinski definition) is 0. The molecule has 2 rings (SSSR count). The molecule has 1 amide bonds. The summed E-state index contributed by atoms with van der Waals surface area (Å²) in [5.41, 5.74) is 0.789. The fraction of sp³-hybridized carbons (Fsp3) is 0.533. The molecule has 1 atom stereocenters. The molecule has 19 heavy (non-hydrogen) atoms. The van der Waals surface area contributed by atoms with Crippen molar-refractivity contribution in [1.29, 1.82) is 0 Å². The fourth-order valence-corrected chi connectivity index (χ4v) is 2.80. The number of benzene rings is 1. The van der Waals surface area contributed by atoms with Crippen LogP contribution >= 0.6 is 22.6 Å². The van der Waals surface area contributed by atoms with E-state index in [0.717, 1.165) is 48.3 Å². The van der Waals surface area contributed by atoms with Crippen molar-refractivity contribution < 1.29 is 9.53 Å². The Bertz CT molecular complexity index is 419. The van der Waals surface area contributed by atoms with Gasteiger partial charge in [0.05, 0.1) is 6.61 Å². The van der Waals surface area contributed by atoms with E-state index < -0.39 is 0 Å². The van der Waals surface area contributed by atoms with Gasteiger partial charge in [0.15, 0.2) is 0 Å². The van der Waals surface area contributed by atoms with E-state index in [-0.39, 0.29) is 5.91 Å². The number of hydrogen-bond acceptors (Lipinski definition) is 2. The lowest BCUT2D eigenvalue weighted by atomic mass is 9.98. The maximum Gasteiger partial charge on any atom is 0.253 e. The molecule has 1 heterocycles. The smallest absolute Gasteiger partial charge is 0.253 e. The van der Waals surface area contributed by atoms with Gasteiger partial charge < -0.3 is 9.64 Å². The number of rotatable bonds is 4. The van der Waals surface area contributed by atoms with Crippen LogP contribution in [0.15, 0.2) is 24.3 Å².